The molecule has 6 heteroatoms. The first-order valence-electron chi connectivity index (χ1n) is 4.53. The molecule has 3 N–H and O–H groups in total. The summed E-state index contributed by atoms with van der Waals surface area (Å²) in [6.45, 7) is 2.13. The van der Waals surface area contributed by atoms with Crippen LogP contribution < -0.4 is 10.6 Å². The van der Waals surface area contributed by atoms with Crippen molar-refractivity contribution in [2.45, 2.75) is 13.0 Å². The summed E-state index contributed by atoms with van der Waals surface area (Å²) in [6, 6.07) is 3.14. The van der Waals surface area contributed by atoms with Gasteiger partial charge in [-0.05, 0) is 19.1 Å². The molecule has 1 unspecified atom stereocenters. The number of aromatic nitrogens is 2. The average Bonchev–Trinajstić information content (AvgIpc) is 2.17. The molecular weight excluding hydrogens is 196 g/mol. The molecule has 0 saturated heterocycles. The Morgan fingerprint density at radius 1 is 1.60 bits per heavy atom. The van der Waals surface area contributed by atoms with Crippen LogP contribution in [0.3, 0.4) is 0 Å². The van der Waals surface area contributed by atoms with Crippen LogP contribution in [0.25, 0.3) is 0 Å². The maximum atomic E-state index is 10.7. The molecule has 0 spiro atoms. The Morgan fingerprint density at radius 2 is 2.27 bits per heavy atom. The first kappa shape index (κ1) is 11.4. The number of anilines is 1. The molecule has 0 aliphatic carbocycles. The minimum Gasteiger partial charge on any atom is -0.392 e. The topological polar surface area (TPSA) is 92.3 Å². The molecule has 6 nitrogen and oxygen atoms in total. The van der Waals surface area contributed by atoms with Crippen molar-refractivity contribution in [3.05, 3.63) is 17.8 Å². The average molecular weight is 210 g/mol. The van der Waals surface area contributed by atoms with Crippen molar-refractivity contribution in [1.82, 2.24) is 10.2 Å². The first-order valence-corrected chi connectivity index (χ1v) is 4.53. The van der Waals surface area contributed by atoms with E-state index in [1.54, 1.807) is 24.9 Å². The lowest BCUT2D eigenvalue weighted by atomic mass is 10.3. The Bertz CT molecular complexity index is 336. The Morgan fingerprint density at radius 3 is 2.67 bits per heavy atom. The Kier molecular flexibility index (Phi) is 3.56. The van der Waals surface area contributed by atoms with E-state index < -0.39 is 12.0 Å². The summed E-state index contributed by atoms with van der Waals surface area (Å²) in [5.74, 6) is -0.0203. The van der Waals surface area contributed by atoms with Crippen molar-refractivity contribution < 1.29 is 9.90 Å². The van der Waals surface area contributed by atoms with Gasteiger partial charge >= 0.3 is 0 Å². The van der Waals surface area contributed by atoms with Gasteiger partial charge < -0.3 is 15.7 Å². The maximum absolute atomic E-state index is 10.7. The molecule has 15 heavy (non-hydrogen) atoms. The summed E-state index contributed by atoms with van der Waals surface area (Å²) in [5, 5.41) is 16.6. The van der Waals surface area contributed by atoms with Crippen molar-refractivity contribution >= 4 is 11.7 Å². The largest absolute Gasteiger partial charge is 0.392 e. The smallest absolute Gasteiger partial charge is 0.269 e. The fraction of sp³-hybridized carbons (Fsp3) is 0.444. The molecule has 1 heterocycles. The zero-order chi connectivity index (χ0) is 11.4. The van der Waals surface area contributed by atoms with Gasteiger partial charge in [-0.3, -0.25) is 4.79 Å². The highest BCUT2D eigenvalue weighted by molar-refractivity contribution is 5.90. The van der Waals surface area contributed by atoms with Crippen LogP contribution >= 0.6 is 0 Å². The highest BCUT2D eigenvalue weighted by atomic mass is 16.3. The second-order valence-electron chi connectivity index (χ2n) is 3.37. The SMILES string of the molecule is CC(O)CN(C)c1ccc(C(N)=O)nn1. The standard InChI is InChI=1S/C9H14N4O2/c1-6(14)5-13(2)8-4-3-7(9(10)15)11-12-8/h3-4,6,14H,5H2,1-2H3,(H2,10,15). The van der Waals surface area contributed by atoms with Crippen molar-refractivity contribution in [2.24, 2.45) is 5.73 Å². The monoisotopic (exact) mass is 210 g/mol. The third-order valence-electron chi connectivity index (χ3n) is 1.83. The third kappa shape index (κ3) is 3.17. The third-order valence-corrected chi connectivity index (χ3v) is 1.83. The van der Waals surface area contributed by atoms with Crippen LogP contribution in [0.2, 0.25) is 0 Å². The van der Waals surface area contributed by atoms with Crippen molar-refractivity contribution in [2.75, 3.05) is 18.5 Å². The van der Waals surface area contributed by atoms with E-state index in [0.29, 0.717) is 12.4 Å². The van der Waals surface area contributed by atoms with Crippen LogP contribution in [0.1, 0.15) is 17.4 Å². The van der Waals surface area contributed by atoms with Gasteiger partial charge in [0.1, 0.15) is 0 Å². The van der Waals surface area contributed by atoms with E-state index in [4.69, 9.17) is 10.8 Å². The molecule has 0 saturated carbocycles. The molecule has 0 bridgehead atoms. The number of aliphatic hydroxyl groups excluding tert-OH is 1. The van der Waals surface area contributed by atoms with E-state index in [1.165, 1.54) is 6.07 Å². The van der Waals surface area contributed by atoms with E-state index in [2.05, 4.69) is 10.2 Å². The van der Waals surface area contributed by atoms with Gasteiger partial charge in [0.15, 0.2) is 11.5 Å². The number of aliphatic hydroxyl groups is 1. The quantitative estimate of drug-likeness (QED) is 0.691. The van der Waals surface area contributed by atoms with Crippen molar-refractivity contribution in [3.8, 4) is 0 Å². The van der Waals surface area contributed by atoms with E-state index in [1.807, 2.05) is 0 Å². The minimum atomic E-state index is -0.604. The number of hydrogen-bond donors (Lipinski definition) is 2. The number of hydrogen-bond acceptors (Lipinski definition) is 5. The number of amides is 1. The Hall–Kier alpha value is -1.69. The Balaban J connectivity index is 2.75. The summed E-state index contributed by atoms with van der Waals surface area (Å²) in [4.78, 5) is 12.5. The molecule has 1 rings (SSSR count). The number of carbonyl (C=O) groups is 1. The van der Waals surface area contributed by atoms with Gasteiger partial charge in [-0.2, -0.15) is 0 Å². The van der Waals surface area contributed by atoms with Crippen LogP contribution in [0.5, 0.6) is 0 Å². The molecule has 1 atom stereocenters. The van der Waals surface area contributed by atoms with E-state index in [9.17, 15) is 4.79 Å². The fourth-order valence-electron chi connectivity index (χ4n) is 1.15. The van der Waals surface area contributed by atoms with Gasteiger partial charge in [0.25, 0.3) is 5.91 Å². The predicted octanol–water partition coefficient (Wildman–Crippen LogP) is -0.607. The molecule has 0 aliphatic heterocycles. The Labute approximate surface area is 87.7 Å². The number of rotatable bonds is 4. The summed E-state index contributed by atoms with van der Waals surface area (Å²) in [5.41, 5.74) is 5.15. The van der Waals surface area contributed by atoms with Crippen LogP contribution in [0, 0.1) is 0 Å². The summed E-state index contributed by atoms with van der Waals surface area (Å²) < 4.78 is 0. The normalized spacial score (nSPS) is 12.2. The molecule has 0 aromatic carbocycles. The lowest BCUT2D eigenvalue weighted by Gasteiger charge is -2.18. The van der Waals surface area contributed by atoms with Crippen LogP contribution in [0.4, 0.5) is 5.82 Å². The lowest BCUT2D eigenvalue weighted by molar-refractivity contribution is 0.0994. The second kappa shape index (κ2) is 4.70. The van der Waals surface area contributed by atoms with Gasteiger partial charge in [0, 0.05) is 13.6 Å². The number of nitrogens with zero attached hydrogens (tertiary/aromatic N) is 3. The van der Waals surface area contributed by atoms with E-state index in [0.717, 1.165) is 0 Å². The number of likely N-dealkylation sites (N-methyl/N-ethyl adjacent to an activating group) is 1. The summed E-state index contributed by atoms with van der Waals surface area (Å²) in [7, 11) is 1.78. The van der Waals surface area contributed by atoms with Crippen molar-refractivity contribution in [1.29, 1.82) is 0 Å². The van der Waals surface area contributed by atoms with Crippen LogP contribution in [0.15, 0.2) is 12.1 Å². The molecule has 0 radical (unpaired) electrons. The molecule has 1 aromatic heterocycles. The number of carbonyl (C=O) groups excluding carboxylic acids is 1. The zero-order valence-electron chi connectivity index (χ0n) is 8.71. The van der Waals surface area contributed by atoms with Gasteiger partial charge in [-0.1, -0.05) is 0 Å². The van der Waals surface area contributed by atoms with Gasteiger partial charge in [0.2, 0.25) is 0 Å². The molecular formula is C9H14N4O2. The van der Waals surface area contributed by atoms with Gasteiger partial charge in [-0.25, -0.2) is 0 Å². The number of primary amides is 1. The summed E-state index contributed by atoms with van der Waals surface area (Å²) >= 11 is 0. The van der Waals surface area contributed by atoms with E-state index >= 15 is 0 Å². The highest BCUT2D eigenvalue weighted by Crippen LogP contribution is 2.07. The summed E-state index contributed by atoms with van der Waals surface area (Å²) in [6.07, 6.45) is -0.451. The van der Waals surface area contributed by atoms with Crippen molar-refractivity contribution in [3.63, 3.8) is 0 Å². The highest BCUT2D eigenvalue weighted by Gasteiger charge is 2.08. The number of nitrogens with two attached hydrogens (primary N) is 1. The van der Waals surface area contributed by atoms with Gasteiger partial charge in [-0.15, -0.1) is 10.2 Å². The molecule has 0 aliphatic rings. The minimum absolute atomic E-state index is 0.129. The van der Waals surface area contributed by atoms with Crippen LogP contribution in [-0.2, 0) is 0 Å². The predicted molar refractivity (Wildman–Crippen MR) is 55.5 cm³/mol. The molecule has 1 aromatic rings. The van der Waals surface area contributed by atoms with E-state index in [-0.39, 0.29) is 5.69 Å². The molecule has 82 valence electrons. The van der Waals surface area contributed by atoms with Crippen LogP contribution in [-0.4, -0.2) is 40.9 Å². The maximum Gasteiger partial charge on any atom is 0.269 e. The molecule has 0 fully saturated rings. The second-order valence-corrected chi connectivity index (χ2v) is 3.37. The lowest BCUT2D eigenvalue weighted by Crippen LogP contribution is -2.28. The fourth-order valence-corrected chi connectivity index (χ4v) is 1.15. The molecule has 1 amide bonds. The van der Waals surface area contributed by atoms with Gasteiger partial charge in [0.05, 0.1) is 6.10 Å². The first-order chi connectivity index (χ1) is 7.00. The zero-order valence-corrected chi connectivity index (χ0v) is 8.71.